The van der Waals surface area contributed by atoms with Gasteiger partial charge < -0.3 is 4.57 Å². The van der Waals surface area contributed by atoms with Crippen LogP contribution in [0.25, 0.3) is 11.2 Å². The van der Waals surface area contributed by atoms with Crippen LogP contribution in [0.1, 0.15) is 41.0 Å². The molecule has 0 aliphatic heterocycles. The van der Waals surface area contributed by atoms with Gasteiger partial charge >= 0.3 is 0 Å². The second-order valence-electron chi connectivity index (χ2n) is 4.94. The van der Waals surface area contributed by atoms with E-state index in [1.165, 1.54) is 4.88 Å². The van der Waals surface area contributed by atoms with E-state index in [1.807, 2.05) is 19.2 Å². The van der Waals surface area contributed by atoms with Crippen LogP contribution in [0.15, 0.2) is 22.9 Å². The van der Waals surface area contributed by atoms with Crippen LogP contribution in [0, 0.1) is 6.92 Å². The summed E-state index contributed by atoms with van der Waals surface area (Å²) in [5.41, 5.74) is 1.67. The van der Waals surface area contributed by atoms with Crippen LogP contribution in [-0.2, 0) is 0 Å². The Morgan fingerprint density at radius 2 is 2.05 bits per heavy atom. The molecule has 3 rings (SSSR count). The minimum Gasteiger partial charge on any atom is -0.302 e. The van der Waals surface area contributed by atoms with Crippen molar-refractivity contribution in [3.05, 3.63) is 38.6 Å². The van der Waals surface area contributed by atoms with Crippen molar-refractivity contribution >= 4 is 50.0 Å². The van der Waals surface area contributed by atoms with Gasteiger partial charge in [0.2, 0.25) is 0 Å². The van der Waals surface area contributed by atoms with Crippen LogP contribution >= 0.6 is 38.9 Å². The number of rotatable bonds is 3. The normalized spacial score (nSPS) is 14.5. The highest BCUT2D eigenvalue weighted by atomic mass is 79.9. The van der Waals surface area contributed by atoms with Crippen molar-refractivity contribution in [3.63, 3.8) is 0 Å². The van der Waals surface area contributed by atoms with E-state index in [2.05, 4.69) is 49.3 Å². The largest absolute Gasteiger partial charge is 0.302 e. The summed E-state index contributed by atoms with van der Waals surface area (Å²) in [6.07, 6.45) is 3.67. The molecule has 0 amide bonds. The molecule has 3 aromatic rings. The van der Waals surface area contributed by atoms with Gasteiger partial charge in [0.1, 0.15) is 16.3 Å². The zero-order valence-corrected chi connectivity index (χ0v) is 15.0. The molecule has 3 aromatic heterocycles. The van der Waals surface area contributed by atoms with Crippen molar-refractivity contribution in [2.75, 3.05) is 0 Å². The number of halogens is 2. The summed E-state index contributed by atoms with van der Waals surface area (Å²) < 4.78 is 2.99. The standard InChI is InChI=1S/C14H14BrClN4S/c1-7-5-18-14(21-7)9(3)20-12(8(2)16)19-11-4-10(15)6-17-13(11)20/h4-6,8-9H,1-3H3. The molecule has 21 heavy (non-hydrogen) atoms. The number of pyridine rings is 1. The van der Waals surface area contributed by atoms with Crippen LogP contribution in [0.2, 0.25) is 0 Å². The molecule has 0 saturated carbocycles. The Morgan fingerprint density at radius 1 is 1.29 bits per heavy atom. The molecule has 0 aliphatic rings. The first-order valence-electron chi connectivity index (χ1n) is 6.57. The topological polar surface area (TPSA) is 43.6 Å². The van der Waals surface area contributed by atoms with Gasteiger partial charge in [-0.2, -0.15) is 0 Å². The zero-order chi connectivity index (χ0) is 15.1. The summed E-state index contributed by atoms with van der Waals surface area (Å²) in [6, 6.07) is 2.01. The number of aromatic nitrogens is 4. The summed E-state index contributed by atoms with van der Waals surface area (Å²) in [5.74, 6) is 0.817. The van der Waals surface area contributed by atoms with Crippen LogP contribution in [0.3, 0.4) is 0 Å². The molecule has 3 heterocycles. The maximum atomic E-state index is 6.32. The van der Waals surface area contributed by atoms with Gasteiger partial charge in [-0.15, -0.1) is 22.9 Å². The first kappa shape index (κ1) is 14.9. The Labute approximate surface area is 140 Å². The van der Waals surface area contributed by atoms with Crippen molar-refractivity contribution in [2.45, 2.75) is 32.2 Å². The first-order chi connectivity index (χ1) is 9.97. The minimum atomic E-state index is -0.193. The van der Waals surface area contributed by atoms with E-state index in [1.54, 1.807) is 17.5 Å². The average Bonchev–Trinajstić information content (AvgIpc) is 3.01. The number of aryl methyl sites for hydroxylation is 1. The third-order valence-corrected chi connectivity index (χ3v) is 4.98. The van der Waals surface area contributed by atoms with E-state index in [0.29, 0.717) is 0 Å². The highest BCUT2D eigenvalue weighted by molar-refractivity contribution is 9.10. The van der Waals surface area contributed by atoms with Crippen molar-refractivity contribution in [1.29, 1.82) is 0 Å². The van der Waals surface area contributed by atoms with Gasteiger partial charge in [-0.05, 0) is 42.8 Å². The zero-order valence-electron chi connectivity index (χ0n) is 11.8. The van der Waals surface area contributed by atoms with Crippen LogP contribution < -0.4 is 0 Å². The van der Waals surface area contributed by atoms with Gasteiger partial charge in [0.15, 0.2) is 5.65 Å². The monoisotopic (exact) mass is 384 g/mol. The van der Waals surface area contributed by atoms with E-state index in [0.717, 1.165) is 26.5 Å². The predicted octanol–water partition coefficient (Wildman–Crippen LogP) is 4.87. The number of imidazole rings is 1. The highest BCUT2D eigenvalue weighted by Gasteiger charge is 2.22. The SMILES string of the molecule is Cc1cnc(C(C)n2c(C(C)Cl)nc3cc(Br)cnc32)s1. The van der Waals surface area contributed by atoms with Crippen molar-refractivity contribution in [2.24, 2.45) is 0 Å². The molecule has 0 aliphatic carbocycles. The molecule has 0 aromatic carbocycles. The highest BCUT2D eigenvalue weighted by Crippen LogP contribution is 2.32. The number of fused-ring (bicyclic) bond motifs is 1. The van der Waals surface area contributed by atoms with E-state index in [4.69, 9.17) is 11.6 Å². The van der Waals surface area contributed by atoms with E-state index in [9.17, 15) is 0 Å². The van der Waals surface area contributed by atoms with Crippen LogP contribution in [-0.4, -0.2) is 19.5 Å². The molecule has 0 fully saturated rings. The van der Waals surface area contributed by atoms with E-state index >= 15 is 0 Å². The van der Waals surface area contributed by atoms with E-state index in [-0.39, 0.29) is 11.4 Å². The van der Waals surface area contributed by atoms with E-state index < -0.39 is 0 Å². The lowest BCUT2D eigenvalue weighted by molar-refractivity contribution is 0.610. The number of alkyl halides is 1. The molecule has 2 atom stereocenters. The molecular weight excluding hydrogens is 372 g/mol. The van der Waals surface area contributed by atoms with Gasteiger partial charge in [0, 0.05) is 21.7 Å². The second-order valence-corrected chi connectivity index (χ2v) is 7.77. The van der Waals surface area contributed by atoms with Gasteiger partial charge in [-0.25, -0.2) is 15.0 Å². The smallest absolute Gasteiger partial charge is 0.160 e. The van der Waals surface area contributed by atoms with Crippen LogP contribution in [0.4, 0.5) is 0 Å². The van der Waals surface area contributed by atoms with Crippen molar-refractivity contribution in [3.8, 4) is 0 Å². The maximum absolute atomic E-state index is 6.32. The fourth-order valence-electron chi connectivity index (χ4n) is 2.31. The number of hydrogen-bond acceptors (Lipinski definition) is 4. The Balaban J connectivity index is 2.21. The Kier molecular flexibility index (Phi) is 4.03. The lowest BCUT2D eigenvalue weighted by Crippen LogP contribution is -2.11. The molecule has 0 radical (unpaired) electrons. The number of hydrogen-bond donors (Lipinski definition) is 0. The average molecular weight is 386 g/mol. The van der Waals surface area contributed by atoms with Crippen molar-refractivity contribution < 1.29 is 0 Å². The van der Waals surface area contributed by atoms with Gasteiger partial charge in [-0.3, -0.25) is 0 Å². The quantitative estimate of drug-likeness (QED) is 0.604. The lowest BCUT2D eigenvalue weighted by Gasteiger charge is -2.15. The van der Waals surface area contributed by atoms with Gasteiger partial charge in [0.05, 0.1) is 11.4 Å². The number of thiazole rings is 1. The maximum Gasteiger partial charge on any atom is 0.160 e. The second kappa shape index (κ2) is 5.66. The van der Waals surface area contributed by atoms with Crippen molar-refractivity contribution in [1.82, 2.24) is 19.5 Å². The van der Waals surface area contributed by atoms with Gasteiger partial charge in [-0.1, -0.05) is 0 Å². The third kappa shape index (κ3) is 2.72. The summed E-state index contributed by atoms with van der Waals surface area (Å²) in [7, 11) is 0. The molecule has 7 heteroatoms. The summed E-state index contributed by atoms with van der Waals surface area (Å²) in [6.45, 7) is 6.08. The fraction of sp³-hybridized carbons (Fsp3) is 0.357. The molecule has 2 unspecified atom stereocenters. The molecule has 0 saturated heterocycles. The number of nitrogens with zero attached hydrogens (tertiary/aromatic N) is 4. The summed E-state index contributed by atoms with van der Waals surface area (Å²) in [5, 5.41) is 0.844. The Morgan fingerprint density at radius 3 is 2.67 bits per heavy atom. The molecule has 4 nitrogen and oxygen atoms in total. The summed E-state index contributed by atoms with van der Waals surface area (Å²) in [4.78, 5) is 14.8. The molecule has 110 valence electrons. The molecule has 0 spiro atoms. The fourth-order valence-corrected chi connectivity index (χ4v) is 3.60. The minimum absolute atomic E-state index is 0.0542. The van der Waals surface area contributed by atoms with Gasteiger partial charge in [0.25, 0.3) is 0 Å². The predicted molar refractivity (Wildman–Crippen MR) is 90.2 cm³/mol. The Hall–Kier alpha value is -0.980. The first-order valence-corrected chi connectivity index (χ1v) is 8.61. The Bertz CT molecular complexity index is 795. The summed E-state index contributed by atoms with van der Waals surface area (Å²) >= 11 is 11.4. The molecule has 0 bridgehead atoms. The molecular formula is C14H14BrClN4S. The third-order valence-electron chi connectivity index (χ3n) is 3.26. The molecule has 0 N–H and O–H groups in total. The van der Waals surface area contributed by atoms with Crippen LogP contribution in [0.5, 0.6) is 0 Å². The lowest BCUT2D eigenvalue weighted by atomic mass is 10.3.